The minimum Gasteiger partial charge on any atom is -0.254 e. The summed E-state index contributed by atoms with van der Waals surface area (Å²) in [6.07, 6.45) is 0. The topological polar surface area (TPSA) is 17.1 Å². The molecule has 0 radical (unpaired) electrons. The van der Waals surface area contributed by atoms with Gasteiger partial charge in [0, 0.05) is 9.93 Å². The molecule has 1 nitrogen and oxygen atoms in total. The summed E-state index contributed by atoms with van der Waals surface area (Å²) in [5.74, 6) is 0.488. The Morgan fingerprint density at radius 1 is 1.06 bits per heavy atom. The van der Waals surface area contributed by atoms with Crippen LogP contribution >= 0.6 is 11.6 Å². The van der Waals surface area contributed by atoms with E-state index < -0.39 is 10.8 Å². The van der Waals surface area contributed by atoms with Crippen LogP contribution < -0.4 is 0 Å². The predicted octanol–water partition coefficient (Wildman–Crippen LogP) is 4.26. The number of rotatable bonds is 4. The lowest BCUT2D eigenvalue weighted by atomic mass is 10.2. The SMILES string of the molecule is C=C(c1ccc(Cl)cc1)[S@@](=O)Cc1ccccc1. The van der Waals surface area contributed by atoms with Gasteiger partial charge in [-0.15, -0.1) is 0 Å². The summed E-state index contributed by atoms with van der Waals surface area (Å²) >= 11 is 5.82. The standard InChI is InChI=1S/C15H13ClOS/c1-12(14-7-9-15(16)10-8-14)18(17)11-13-5-3-2-4-6-13/h2-10H,1,11H2/t18-/m0/s1. The Morgan fingerprint density at radius 3 is 2.28 bits per heavy atom. The van der Waals surface area contributed by atoms with Gasteiger partial charge in [0.1, 0.15) is 0 Å². The lowest BCUT2D eigenvalue weighted by Crippen LogP contribution is -1.97. The van der Waals surface area contributed by atoms with Gasteiger partial charge in [-0.25, -0.2) is 0 Å². The number of benzene rings is 2. The molecule has 0 aromatic heterocycles. The van der Waals surface area contributed by atoms with E-state index in [0.29, 0.717) is 15.7 Å². The molecule has 18 heavy (non-hydrogen) atoms. The van der Waals surface area contributed by atoms with Crippen LogP contribution in [0.15, 0.2) is 61.2 Å². The summed E-state index contributed by atoms with van der Waals surface area (Å²) < 4.78 is 12.2. The van der Waals surface area contributed by atoms with E-state index in [-0.39, 0.29) is 0 Å². The highest BCUT2D eigenvalue weighted by Gasteiger charge is 2.08. The Labute approximate surface area is 115 Å². The van der Waals surface area contributed by atoms with E-state index in [1.165, 1.54) is 0 Å². The van der Waals surface area contributed by atoms with E-state index in [1.54, 1.807) is 12.1 Å². The van der Waals surface area contributed by atoms with Gasteiger partial charge in [-0.05, 0) is 23.3 Å². The predicted molar refractivity (Wildman–Crippen MR) is 78.8 cm³/mol. The van der Waals surface area contributed by atoms with Crippen LogP contribution in [-0.4, -0.2) is 4.21 Å². The van der Waals surface area contributed by atoms with Crippen molar-refractivity contribution in [2.75, 3.05) is 0 Å². The van der Waals surface area contributed by atoms with E-state index in [1.807, 2.05) is 42.5 Å². The molecule has 0 aliphatic heterocycles. The molecule has 2 aromatic carbocycles. The second kappa shape index (κ2) is 5.98. The minimum atomic E-state index is -1.11. The lowest BCUT2D eigenvalue weighted by Gasteiger charge is -2.06. The van der Waals surface area contributed by atoms with E-state index in [2.05, 4.69) is 6.58 Å². The largest absolute Gasteiger partial charge is 0.254 e. The van der Waals surface area contributed by atoms with Gasteiger partial charge in [0.25, 0.3) is 0 Å². The molecule has 0 N–H and O–H groups in total. The number of halogens is 1. The highest BCUT2D eigenvalue weighted by atomic mass is 35.5. The monoisotopic (exact) mass is 276 g/mol. The maximum Gasteiger partial charge on any atom is 0.0574 e. The van der Waals surface area contributed by atoms with Crippen LogP contribution in [0.3, 0.4) is 0 Å². The molecule has 2 aromatic rings. The maximum atomic E-state index is 12.2. The average Bonchev–Trinajstić information content (AvgIpc) is 2.40. The molecule has 0 aliphatic carbocycles. The Kier molecular flexibility index (Phi) is 4.34. The summed E-state index contributed by atoms with van der Waals surface area (Å²) in [4.78, 5) is 0.635. The van der Waals surface area contributed by atoms with Crippen LogP contribution in [0.25, 0.3) is 4.91 Å². The molecule has 0 fully saturated rings. The molecule has 2 rings (SSSR count). The maximum absolute atomic E-state index is 12.2. The quantitative estimate of drug-likeness (QED) is 0.815. The molecule has 0 aliphatic rings. The van der Waals surface area contributed by atoms with Crippen LogP contribution in [-0.2, 0) is 16.6 Å². The van der Waals surface area contributed by atoms with Gasteiger partial charge in [0.05, 0.1) is 16.6 Å². The van der Waals surface area contributed by atoms with Gasteiger partial charge in [0.2, 0.25) is 0 Å². The zero-order valence-electron chi connectivity index (χ0n) is 9.80. The number of hydrogen-bond donors (Lipinski definition) is 0. The molecular weight excluding hydrogens is 264 g/mol. The normalized spacial score (nSPS) is 12.1. The van der Waals surface area contributed by atoms with Crippen molar-refractivity contribution in [3.05, 3.63) is 77.3 Å². The molecule has 0 amide bonds. The molecule has 0 saturated heterocycles. The molecule has 0 unspecified atom stereocenters. The first kappa shape index (κ1) is 13.1. The summed E-state index contributed by atoms with van der Waals surface area (Å²) in [5.41, 5.74) is 1.92. The highest BCUT2D eigenvalue weighted by Crippen LogP contribution is 2.21. The van der Waals surface area contributed by atoms with Crippen molar-refractivity contribution in [2.24, 2.45) is 0 Å². The lowest BCUT2D eigenvalue weighted by molar-refractivity contribution is 0.688. The van der Waals surface area contributed by atoms with Crippen LogP contribution in [0, 0.1) is 0 Å². The van der Waals surface area contributed by atoms with Crippen molar-refractivity contribution in [3.8, 4) is 0 Å². The van der Waals surface area contributed by atoms with Crippen LogP contribution in [0.4, 0.5) is 0 Å². The first-order valence-corrected chi connectivity index (χ1v) is 7.23. The van der Waals surface area contributed by atoms with Crippen molar-refractivity contribution >= 4 is 27.3 Å². The first-order chi connectivity index (χ1) is 8.66. The fraction of sp³-hybridized carbons (Fsp3) is 0.0667. The average molecular weight is 277 g/mol. The van der Waals surface area contributed by atoms with Crippen molar-refractivity contribution < 1.29 is 4.21 Å². The third-order valence-electron chi connectivity index (χ3n) is 2.58. The molecule has 0 heterocycles. The summed E-state index contributed by atoms with van der Waals surface area (Å²) in [6.45, 7) is 3.91. The Hall–Kier alpha value is -1.38. The van der Waals surface area contributed by atoms with Gasteiger partial charge in [-0.1, -0.05) is 60.6 Å². The van der Waals surface area contributed by atoms with Gasteiger partial charge in [-0.3, -0.25) is 4.21 Å². The third-order valence-corrected chi connectivity index (χ3v) is 4.21. The van der Waals surface area contributed by atoms with Crippen molar-refractivity contribution in [1.82, 2.24) is 0 Å². The second-order valence-corrected chi connectivity index (χ2v) is 5.81. The first-order valence-electron chi connectivity index (χ1n) is 5.54. The Balaban J connectivity index is 2.10. The Morgan fingerprint density at radius 2 is 1.67 bits per heavy atom. The van der Waals surface area contributed by atoms with E-state index >= 15 is 0 Å². The molecule has 92 valence electrons. The fourth-order valence-corrected chi connectivity index (χ4v) is 2.77. The van der Waals surface area contributed by atoms with Gasteiger partial charge in [-0.2, -0.15) is 0 Å². The molecule has 1 atom stereocenters. The highest BCUT2D eigenvalue weighted by molar-refractivity contribution is 7.93. The van der Waals surface area contributed by atoms with Crippen LogP contribution in [0.2, 0.25) is 5.02 Å². The summed E-state index contributed by atoms with van der Waals surface area (Å²) in [5, 5.41) is 0.667. The fourth-order valence-electron chi connectivity index (χ4n) is 1.58. The Bertz CT molecular complexity index is 561. The number of hydrogen-bond acceptors (Lipinski definition) is 1. The molecule has 0 saturated carbocycles. The second-order valence-electron chi connectivity index (χ2n) is 3.91. The zero-order chi connectivity index (χ0) is 13.0. The third kappa shape index (κ3) is 3.31. The van der Waals surface area contributed by atoms with E-state index in [4.69, 9.17) is 11.6 Å². The van der Waals surface area contributed by atoms with Crippen LogP contribution in [0.5, 0.6) is 0 Å². The smallest absolute Gasteiger partial charge is 0.0574 e. The molecule has 3 heteroatoms. The molecular formula is C15H13ClOS. The van der Waals surface area contributed by atoms with Gasteiger partial charge < -0.3 is 0 Å². The summed E-state index contributed by atoms with van der Waals surface area (Å²) in [7, 11) is -1.11. The molecule has 0 bridgehead atoms. The zero-order valence-corrected chi connectivity index (χ0v) is 11.4. The minimum absolute atomic E-state index is 0.488. The van der Waals surface area contributed by atoms with E-state index in [9.17, 15) is 4.21 Å². The van der Waals surface area contributed by atoms with Crippen molar-refractivity contribution in [2.45, 2.75) is 5.75 Å². The van der Waals surface area contributed by atoms with Gasteiger partial charge >= 0.3 is 0 Å². The molecule has 0 spiro atoms. The van der Waals surface area contributed by atoms with Crippen molar-refractivity contribution in [1.29, 1.82) is 0 Å². The van der Waals surface area contributed by atoms with Gasteiger partial charge in [0.15, 0.2) is 0 Å². The van der Waals surface area contributed by atoms with E-state index in [0.717, 1.165) is 11.1 Å². The van der Waals surface area contributed by atoms with Crippen LogP contribution in [0.1, 0.15) is 11.1 Å². The summed E-state index contributed by atoms with van der Waals surface area (Å²) in [6, 6.07) is 17.0. The van der Waals surface area contributed by atoms with Crippen molar-refractivity contribution in [3.63, 3.8) is 0 Å².